The Labute approximate surface area is 102 Å². The highest BCUT2D eigenvalue weighted by atomic mass is 35.5. The first-order valence-corrected chi connectivity index (χ1v) is 6.56. The number of fused-ring (bicyclic) bond motifs is 1. The van der Waals surface area contributed by atoms with E-state index in [4.69, 9.17) is 11.6 Å². The normalized spacial score (nSPS) is 35.9. The van der Waals surface area contributed by atoms with Gasteiger partial charge >= 0.3 is 0 Å². The molecule has 0 aromatic carbocycles. The minimum Gasteiger partial charge on any atom is -0.396 e. The minimum atomic E-state index is -0.448. The Morgan fingerprint density at radius 3 is 2.94 bits per heavy atom. The van der Waals surface area contributed by atoms with Crippen LogP contribution in [0.5, 0.6) is 0 Å². The summed E-state index contributed by atoms with van der Waals surface area (Å²) in [5.41, 5.74) is -0.0281. The molecule has 3 nitrogen and oxygen atoms in total. The molecule has 1 saturated carbocycles. The largest absolute Gasteiger partial charge is 0.396 e. The van der Waals surface area contributed by atoms with Crippen LogP contribution in [0.25, 0.3) is 0 Å². The predicted octanol–water partition coefficient (Wildman–Crippen LogP) is 1.62. The molecule has 3 atom stereocenters. The van der Waals surface area contributed by atoms with Crippen molar-refractivity contribution in [3.05, 3.63) is 0 Å². The first kappa shape index (κ1) is 12.2. The van der Waals surface area contributed by atoms with E-state index in [1.165, 1.54) is 12.8 Å². The molecule has 2 rings (SSSR count). The maximum atomic E-state index is 11.9. The van der Waals surface area contributed by atoms with Crippen molar-refractivity contribution in [2.75, 3.05) is 19.7 Å². The van der Waals surface area contributed by atoms with E-state index < -0.39 is 5.38 Å². The molecule has 2 aliphatic rings. The van der Waals surface area contributed by atoms with Crippen molar-refractivity contribution in [3.63, 3.8) is 0 Å². The van der Waals surface area contributed by atoms with E-state index in [0.717, 1.165) is 19.4 Å². The van der Waals surface area contributed by atoms with Gasteiger partial charge in [-0.15, -0.1) is 11.6 Å². The third-order valence-electron chi connectivity index (χ3n) is 4.26. The Kier molecular flexibility index (Phi) is 3.45. The van der Waals surface area contributed by atoms with Crippen LogP contribution in [0.1, 0.15) is 32.6 Å². The Balaban J connectivity index is 2.10. The van der Waals surface area contributed by atoms with Crippen LogP contribution in [0.4, 0.5) is 0 Å². The summed E-state index contributed by atoms with van der Waals surface area (Å²) in [4.78, 5) is 13.7. The molecule has 0 spiro atoms. The maximum Gasteiger partial charge on any atom is 0.240 e. The number of hydrogen-bond donors (Lipinski definition) is 1. The molecular formula is C12H20ClNO2. The number of halogens is 1. The summed E-state index contributed by atoms with van der Waals surface area (Å²) in [6, 6.07) is 0. The third-order valence-corrected chi connectivity index (χ3v) is 4.44. The van der Waals surface area contributed by atoms with Gasteiger partial charge in [-0.2, -0.15) is 0 Å². The van der Waals surface area contributed by atoms with Crippen LogP contribution in [0.15, 0.2) is 0 Å². The second-order valence-electron chi connectivity index (χ2n) is 5.30. The summed E-state index contributed by atoms with van der Waals surface area (Å²) >= 11 is 5.84. The molecule has 1 saturated heterocycles. The van der Waals surface area contributed by atoms with E-state index in [0.29, 0.717) is 12.5 Å². The molecule has 0 bridgehead atoms. The lowest BCUT2D eigenvalue weighted by Crippen LogP contribution is -2.38. The predicted molar refractivity (Wildman–Crippen MR) is 63.4 cm³/mol. The van der Waals surface area contributed by atoms with Gasteiger partial charge in [0.25, 0.3) is 0 Å². The maximum absolute atomic E-state index is 11.9. The van der Waals surface area contributed by atoms with Gasteiger partial charge in [-0.1, -0.05) is 12.8 Å². The SMILES string of the molecule is C[C@H](Cl)C(=O)N1C[C@H]2CCCC[C@@]2(CO)C1. The molecule has 0 unspecified atom stereocenters. The first-order chi connectivity index (χ1) is 7.59. The smallest absolute Gasteiger partial charge is 0.240 e. The second-order valence-corrected chi connectivity index (χ2v) is 5.95. The quantitative estimate of drug-likeness (QED) is 0.752. The molecule has 16 heavy (non-hydrogen) atoms. The molecule has 4 heteroatoms. The monoisotopic (exact) mass is 245 g/mol. The van der Waals surface area contributed by atoms with Gasteiger partial charge in [-0.25, -0.2) is 0 Å². The molecule has 0 radical (unpaired) electrons. The van der Waals surface area contributed by atoms with Crippen LogP contribution in [0.3, 0.4) is 0 Å². The van der Waals surface area contributed by atoms with Gasteiger partial charge in [0.15, 0.2) is 0 Å². The number of rotatable bonds is 2. The van der Waals surface area contributed by atoms with Crippen molar-refractivity contribution in [2.45, 2.75) is 38.0 Å². The summed E-state index contributed by atoms with van der Waals surface area (Å²) < 4.78 is 0. The van der Waals surface area contributed by atoms with E-state index in [9.17, 15) is 9.90 Å². The highest BCUT2D eigenvalue weighted by Gasteiger charge is 2.48. The standard InChI is InChI=1S/C12H20ClNO2/c1-9(13)11(16)14-6-10-4-2-3-5-12(10,7-14)8-15/h9-10,15H,2-8H2,1H3/t9-,10+,12-/m0/s1. The number of nitrogens with zero attached hydrogens (tertiary/aromatic N) is 1. The van der Waals surface area contributed by atoms with Crippen molar-refractivity contribution >= 4 is 17.5 Å². The van der Waals surface area contributed by atoms with Gasteiger partial charge in [0, 0.05) is 18.5 Å². The number of carbonyl (C=O) groups excluding carboxylic acids is 1. The number of carbonyl (C=O) groups is 1. The second kappa shape index (κ2) is 4.53. The van der Waals surface area contributed by atoms with E-state index in [1.54, 1.807) is 6.92 Å². The lowest BCUT2D eigenvalue weighted by Gasteiger charge is -2.36. The van der Waals surface area contributed by atoms with Crippen LogP contribution in [-0.4, -0.2) is 41.0 Å². The van der Waals surface area contributed by atoms with Crippen LogP contribution >= 0.6 is 11.6 Å². The highest BCUT2D eigenvalue weighted by molar-refractivity contribution is 6.30. The molecular weight excluding hydrogens is 226 g/mol. The van der Waals surface area contributed by atoms with Crippen LogP contribution in [-0.2, 0) is 4.79 Å². The number of amides is 1. The van der Waals surface area contributed by atoms with Gasteiger partial charge in [-0.05, 0) is 25.7 Å². The van der Waals surface area contributed by atoms with Crippen LogP contribution in [0.2, 0.25) is 0 Å². The Morgan fingerprint density at radius 2 is 2.38 bits per heavy atom. The molecule has 1 heterocycles. The van der Waals surface area contributed by atoms with Crippen molar-refractivity contribution in [1.29, 1.82) is 0 Å². The van der Waals surface area contributed by atoms with Crippen LogP contribution in [0, 0.1) is 11.3 Å². The molecule has 0 aromatic rings. The molecule has 92 valence electrons. The summed E-state index contributed by atoms with van der Waals surface area (Å²) in [6.45, 7) is 3.41. The van der Waals surface area contributed by atoms with Gasteiger partial charge < -0.3 is 10.0 Å². The summed E-state index contributed by atoms with van der Waals surface area (Å²) in [5.74, 6) is 0.495. The zero-order valence-corrected chi connectivity index (χ0v) is 10.5. The van der Waals surface area contributed by atoms with Gasteiger partial charge in [0.2, 0.25) is 5.91 Å². The van der Waals surface area contributed by atoms with E-state index in [-0.39, 0.29) is 17.9 Å². The summed E-state index contributed by atoms with van der Waals surface area (Å²) in [5, 5.41) is 9.17. The van der Waals surface area contributed by atoms with E-state index in [1.807, 2.05) is 4.90 Å². The molecule has 1 aliphatic heterocycles. The van der Waals surface area contributed by atoms with Gasteiger partial charge in [0.05, 0.1) is 6.61 Å². The fraction of sp³-hybridized carbons (Fsp3) is 0.917. The average Bonchev–Trinajstić information content (AvgIpc) is 2.67. The Morgan fingerprint density at radius 1 is 1.62 bits per heavy atom. The fourth-order valence-corrected chi connectivity index (χ4v) is 3.40. The average molecular weight is 246 g/mol. The molecule has 1 aliphatic carbocycles. The zero-order valence-electron chi connectivity index (χ0n) is 9.79. The lowest BCUT2D eigenvalue weighted by molar-refractivity contribution is -0.130. The van der Waals surface area contributed by atoms with Crippen molar-refractivity contribution in [1.82, 2.24) is 4.90 Å². The third kappa shape index (κ3) is 1.95. The molecule has 0 aromatic heterocycles. The lowest BCUT2D eigenvalue weighted by atomic mass is 9.69. The summed E-state index contributed by atoms with van der Waals surface area (Å²) in [7, 11) is 0. The highest BCUT2D eigenvalue weighted by Crippen LogP contribution is 2.46. The fourth-order valence-electron chi connectivity index (χ4n) is 3.26. The number of hydrogen-bond acceptors (Lipinski definition) is 2. The number of aliphatic hydroxyl groups is 1. The minimum absolute atomic E-state index is 0.0175. The van der Waals surface area contributed by atoms with Gasteiger partial charge in [-0.3, -0.25) is 4.79 Å². The zero-order chi connectivity index (χ0) is 11.8. The summed E-state index contributed by atoms with van der Waals surface area (Å²) in [6.07, 6.45) is 4.59. The first-order valence-electron chi connectivity index (χ1n) is 6.13. The number of aliphatic hydroxyl groups excluding tert-OH is 1. The molecule has 2 fully saturated rings. The van der Waals surface area contributed by atoms with Gasteiger partial charge in [0.1, 0.15) is 5.38 Å². The van der Waals surface area contributed by atoms with Crippen LogP contribution < -0.4 is 0 Å². The van der Waals surface area contributed by atoms with E-state index in [2.05, 4.69) is 0 Å². The Bertz CT molecular complexity index is 282. The topological polar surface area (TPSA) is 40.5 Å². The molecule has 1 N–H and O–H groups in total. The van der Waals surface area contributed by atoms with Crippen molar-refractivity contribution in [3.8, 4) is 0 Å². The Hall–Kier alpha value is -0.280. The molecule has 1 amide bonds. The van der Waals surface area contributed by atoms with Crippen molar-refractivity contribution in [2.24, 2.45) is 11.3 Å². The number of likely N-dealkylation sites (tertiary alicyclic amines) is 1. The number of alkyl halides is 1. The van der Waals surface area contributed by atoms with Crippen molar-refractivity contribution < 1.29 is 9.90 Å². The van der Waals surface area contributed by atoms with E-state index >= 15 is 0 Å².